The van der Waals surface area contributed by atoms with Crippen molar-refractivity contribution < 1.29 is 4.79 Å². The summed E-state index contributed by atoms with van der Waals surface area (Å²) in [4.78, 5) is 18.8. The largest absolute Gasteiger partial charge is 0.336 e. The molecule has 0 saturated carbocycles. The van der Waals surface area contributed by atoms with Crippen LogP contribution in [0.4, 0.5) is 0 Å². The van der Waals surface area contributed by atoms with E-state index in [-0.39, 0.29) is 5.91 Å². The van der Waals surface area contributed by atoms with E-state index in [0.29, 0.717) is 16.6 Å². The zero-order chi connectivity index (χ0) is 13.8. The first-order valence-corrected chi connectivity index (χ1v) is 7.44. The fourth-order valence-electron chi connectivity index (χ4n) is 2.74. The number of hydrogen-bond donors (Lipinski definition) is 0. The Labute approximate surface area is 120 Å². The van der Waals surface area contributed by atoms with E-state index in [9.17, 15) is 4.79 Å². The minimum Gasteiger partial charge on any atom is -0.336 e. The van der Waals surface area contributed by atoms with E-state index < -0.39 is 0 Å². The smallest absolute Gasteiger partial charge is 0.257 e. The quantitative estimate of drug-likeness (QED) is 0.843. The van der Waals surface area contributed by atoms with Gasteiger partial charge in [0.1, 0.15) is 0 Å². The molecule has 4 heteroatoms. The fraction of sp³-hybridized carbons (Fsp3) is 0.600. The SMILES string of the molecule is CCCC1CCCCN1C(=O)c1cnc(C)cc1Cl. The van der Waals surface area contributed by atoms with Gasteiger partial charge in [-0.2, -0.15) is 0 Å². The number of nitrogens with zero attached hydrogens (tertiary/aromatic N) is 2. The van der Waals surface area contributed by atoms with Crippen LogP contribution in [0.5, 0.6) is 0 Å². The Morgan fingerprint density at radius 3 is 3.00 bits per heavy atom. The summed E-state index contributed by atoms with van der Waals surface area (Å²) in [6.45, 7) is 4.88. The highest BCUT2D eigenvalue weighted by atomic mass is 35.5. The van der Waals surface area contributed by atoms with Gasteiger partial charge >= 0.3 is 0 Å². The Morgan fingerprint density at radius 2 is 2.32 bits per heavy atom. The molecule has 1 aliphatic heterocycles. The van der Waals surface area contributed by atoms with Crippen molar-refractivity contribution >= 4 is 17.5 Å². The summed E-state index contributed by atoms with van der Waals surface area (Å²) in [6.07, 6.45) is 7.20. The van der Waals surface area contributed by atoms with Crippen molar-refractivity contribution in [2.75, 3.05) is 6.54 Å². The van der Waals surface area contributed by atoms with E-state index in [1.54, 1.807) is 12.3 Å². The Bertz CT molecular complexity index is 459. The second kappa shape index (κ2) is 6.38. The van der Waals surface area contributed by atoms with E-state index in [2.05, 4.69) is 11.9 Å². The Kier molecular flexibility index (Phi) is 4.81. The maximum Gasteiger partial charge on any atom is 0.257 e. The van der Waals surface area contributed by atoms with Crippen molar-refractivity contribution in [3.8, 4) is 0 Å². The van der Waals surface area contributed by atoms with Gasteiger partial charge in [0.05, 0.1) is 10.6 Å². The highest BCUT2D eigenvalue weighted by Gasteiger charge is 2.28. The second-order valence-corrected chi connectivity index (χ2v) is 5.65. The molecule has 1 aromatic rings. The molecule has 1 amide bonds. The number of halogens is 1. The lowest BCUT2D eigenvalue weighted by atomic mass is 9.97. The van der Waals surface area contributed by atoms with Crippen molar-refractivity contribution in [2.45, 2.75) is 52.0 Å². The molecular weight excluding hydrogens is 260 g/mol. The molecular formula is C15H21ClN2O. The van der Waals surface area contributed by atoms with Gasteiger partial charge in [0.15, 0.2) is 0 Å². The number of carbonyl (C=O) groups is 1. The van der Waals surface area contributed by atoms with Crippen molar-refractivity contribution in [1.82, 2.24) is 9.88 Å². The van der Waals surface area contributed by atoms with E-state index >= 15 is 0 Å². The van der Waals surface area contributed by atoms with Crippen molar-refractivity contribution in [3.05, 3.63) is 28.5 Å². The van der Waals surface area contributed by atoms with E-state index in [1.807, 2.05) is 11.8 Å². The highest BCUT2D eigenvalue weighted by molar-refractivity contribution is 6.33. The first-order chi connectivity index (χ1) is 9.13. The van der Waals surface area contributed by atoms with E-state index in [1.165, 1.54) is 6.42 Å². The maximum absolute atomic E-state index is 12.6. The number of amides is 1. The van der Waals surface area contributed by atoms with Crippen LogP contribution >= 0.6 is 11.6 Å². The van der Waals surface area contributed by atoms with Crippen molar-refractivity contribution in [1.29, 1.82) is 0 Å². The second-order valence-electron chi connectivity index (χ2n) is 5.24. The van der Waals surface area contributed by atoms with Gasteiger partial charge in [0.2, 0.25) is 0 Å². The van der Waals surface area contributed by atoms with Gasteiger partial charge in [-0.3, -0.25) is 9.78 Å². The lowest BCUT2D eigenvalue weighted by molar-refractivity contribution is 0.0600. The number of piperidine rings is 1. The molecule has 2 heterocycles. The molecule has 0 radical (unpaired) electrons. The molecule has 1 saturated heterocycles. The van der Waals surface area contributed by atoms with Crippen LogP contribution in [0.1, 0.15) is 55.1 Å². The van der Waals surface area contributed by atoms with Crippen molar-refractivity contribution in [2.24, 2.45) is 0 Å². The number of aromatic nitrogens is 1. The molecule has 0 N–H and O–H groups in total. The van der Waals surface area contributed by atoms with Gasteiger partial charge < -0.3 is 4.90 Å². The van der Waals surface area contributed by atoms with Crippen molar-refractivity contribution in [3.63, 3.8) is 0 Å². The summed E-state index contributed by atoms with van der Waals surface area (Å²) in [5, 5.41) is 0.512. The number of pyridine rings is 1. The zero-order valence-electron chi connectivity index (χ0n) is 11.7. The van der Waals surface area contributed by atoms with Crippen LogP contribution in [0.25, 0.3) is 0 Å². The highest BCUT2D eigenvalue weighted by Crippen LogP contribution is 2.25. The molecule has 104 valence electrons. The molecule has 0 bridgehead atoms. The first kappa shape index (κ1) is 14.3. The van der Waals surface area contributed by atoms with Crippen LogP contribution in [-0.2, 0) is 0 Å². The van der Waals surface area contributed by atoms with Crippen LogP contribution in [0.15, 0.2) is 12.3 Å². The van der Waals surface area contributed by atoms with E-state index in [4.69, 9.17) is 11.6 Å². The molecule has 0 aromatic carbocycles. The van der Waals surface area contributed by atoms with Crippen LogP contribution in [0, 0.1) is 6.92 Å². The molecule has 1 atom stereocenters. The fourth-order valence-corrected chi connectivity index (χ4v) is 3.03. The summed E-state index contributed by atoms with van der Waals surface area (Å²) in [6, 6.07) is 2.12. The third kappa shape index (κ3) is 3.27. The number of hydrogen-bond acceptors (Lipinski definition) is 2. The summed E-state index contributed by atoms with van der Waals surface area (Å²) in [7, 11) is 0. The molecule has 2 rings (SSSR count). The summed E-state index contributed by atoms with van der Waals surface area (Å²) in [5.74, 6) is 0.0376. The minimum absolute atomic E-state index is 0.0376. The predicted octanol–water partition coefficient (Wildman–Crippen LogP) is 3.84. The Balaban J connectivity index is 2.21. The predicted molar refractivity (Wildman–Crippen MR) is 77.6 cm³/mol. The molecule has 19 heavy (non-hydrogen) atoms. The van der Waals surface area contributed by atoms with Gasteiger partial charge in [-0.15, -0.1) is 0 Å². The van der Waals surface area contributed by atoms with Gasteiger partial charge in [0, 0.05) is 24.5 Å². The normalized spacial score (nSPS) is 19.5. The lowest BCUT2D eigenvalue weighted by Gasteiger charge is -2.36. The number of rotatable bonds is 3. The molecule has 1 aliphatic rings. The maximum atomic E-state index is 12.6. The average molecular weight is 281 g/mol. The average Bonchev–Trinajstić information content (AvgIpc) is 2.39. The molecule has 3 nitrogen and oxygen atoms in total. The van der Waals surface area contributed by atoms with Gasteiger partial charge in [-0.05, 0) is 38.7 Å². The Hall–Kier alpha value is -1.09. The molecule has 1 fully saturated rings. The number of aryl methyl sites for hydroxylation is 1. The van der Waals surface area contributed by atoms with Crippen LogP contribution in [0.3, 0.4) is 0 Å². The number of likely N-dealkylation sites (tertiary alicyclic amines) is 1. The summed E-state index contributed by atoms with van der Waals surface area (Å²) < 4.78 is 0. The third-order valence-electron chi connectivity index (χ3n) is 3.73. The molecule has 1 unspecified atom stereocenters. The van der Waals surface area contributed by atoms with Crippen LogP contribution in [-0.4, -0.2) is 28.4 Å². The van der Waals surface area contributed by atoms with Gasteiger partial charge in [0.25, 0.3) is 5.91 Å². The van der Waals surface area contributed by atoms with Crippen LogP contribution < -0.4 is 0 Å². The van der Waals surface area contributed by atoms with Gasteiger partial charge in [-0.25, -0.2) is 0 Å². The number of carbonyl (C=O) groups excluding carboxylic acids is 1. The Morgan fingerprint density at radius 1 is 1.53 bits per heavy atom. The molecule has 0 spiro atoms. The molecule has 1 aromatic heterocycles. The minimum atomic E-state index is 0.0376. The van der Waals surface area contributed by atoms with Crippen LogP contribution in [0.2, 0.25) is 5.02 Å². The lowest BCUT2D eigenvalue weighted by Crippen LogP contribution is -2.43. The molecule has 0 aliphatic carbocycles. The zero-order valence-corrected chi connectivity index (χ0v) is 12.4. The van der Waals surface area contributed by atoms with Gasteiger partial charge in [-0.1, -0.05) is 24.9 Å². The topological polar surface area (TPSA) is 33.2 Å². The van der Waals surface area contributed by atoms with E-state index in [0.717, 1.165) is 37.9 Å². The standard InChI is InChI=1S/C15H21ClN2O/c1-3-6-12-7-4-5-8-18(12)15(19)13-10-17-11(2)9-14(13)16/h9-10,12H,3-8H2,1-2H3. The first-order valence-electron chi connectivity index (χ1n) is 7.06. The summed E-state index contributed by atoms with van der Waals surface area (Å²) >= 11 is 6.18. The third-order valence-corrected chi connectivity index (χ3v) is 4.04. The summed E-state index contributed by atoms with van der Waals surface area (Å²) in [5.41, 5.74) is 1.38. The monoisotopic (exact) mass is 280 g/mol.